The van der Waals surface area contributed by atoms with Crippen LogP contribution in [0.4, 0.5) is 8.78 Å². The molecule has 0 aliphatic heterocycles. The summed E-state index contributed by atoms with van der Waals surface area (Å²) in [6.07, 6.45) is 6.80. The lowest BCUT2D eigenvalue weighted by atomic mass is 9.77. The number of hydrogen-bond acceptors (Lipinski definition) is 1. The second kappa shape index (κ2) is 9.73. The van der Waals surface area contributed by atoms with Crippen LogP contribution < -0.4 is 4.74 Å². The molecule has 0 atom stereocenters. The molecule has 1 fully saturated rings. The van der Waals surface area contributed by atoms with Crippen molar-refractivity contribution in [1.29, 1.82) is 0 Å². The molecule has 2 aromatic carbocycles. The predicted octanol–water partition coefficient (Wildman–Crippen LogP) is 6.84. The van der Waals surface area contributed by atoms with Crippen molar-refractivity contribution in [3.63, 3.8) is 0 Å². The molecule has 1 aliphatic carbocycles. The minimum Gasteiger partial charge on any atom is -0.494 e. The lowest BCUT2D eigenvalue weighted by Crippen LogP contribution is -2.13. The van der Waals surface area contributed by atoms with E-state index in [2.05, 4.69) is 18.8 Å². The van der Waals surface area contributed by atoms with Crippen molar-refractivity contribution in [2.75, 3.05) is 6.61 Å². The highest BCUT2D eigenvalue weighted by Gasteiger charge is 2.23. The summed E-state index contributed by atoms with van der Waals surface area (Å²) >= 11 is 0. The summed E-state index contributed by atoms with van der Waals surface area (Å²) in [6.45, 7) is 4.72. The molecule has 0 amide bonds. The molecule has 0 spiro atoms. The first kappa shape index (κ1) is 20.4. The van der Waals surface area contributed by atoms with Gasteiger partial charge in [-0.2, -0.15) is 0 Å². The SMILES string of the molecule is CCCC1CCC(c2cc(F)c(C#Cc3ccc(OCC)cc3)c(F)c2)CC1. The lowest BCUT2D eigenvalue weighted by molar-refractivity contribution is 0.307. The van der Waals surface area contributed by atoms with E-state index in [-0.39, 0.29) is 11.5 Å². The van der Waals surface area contributed by atoms with Gasteiger partial charge in [0.2, 0.25) is 0 Å². The highest BCUT2D eigenvalue weighted by molar-refractivity contribution is 5.46. The van der Waals surface area contributed by atoms with Crippen LogP contribution in [-0.2, 0) is 0 Å². The normalized spacial score (nSPS) is 19.0. The van der Waals surface area contributed by atoms with Gasteiger partial charge < -0.3 is 4.74 Å². The average molecular weight is 382 g/mol. The number of ether oxygens (including phenoxy) is 1. The molecule has 3 heteroatoms. The van der Waals surface area contributed by atoms with E-state index in [9.17, 15) is 8.78 Å². The molecule has 0 radical (unpaired) electrons. The number of halogens is 2. The smallest absolute Gasteiger partial charge is 0.142 e. The summed E-state index contributed by atoms with van der Waals surface area (Å²) in [5, 5.41) is 0. The molecular weight excluding hydrogens is 354 g/mol. The molecule has 28 heavy (non-hydrogen) atoms. The van der Waals surface area contributed by atoms with Crippen LogP contribution in [-0.4, -0.2) is 6.61 Å². The quantitative estimate of drug-likeness (QED) is 0.515. The Balaban J connectivity index is 1.72. The van der Waals surface area contributed by atoms with Crippen molar-refractivity contribution < 1.29 is 13.5 Å². The van der Waals surface area contributed by atoms with Crippen LogP contribution >= 0.6 is 0 Å². The van der Waals surface area contributed by atoms with E-state index in [0.29, 0.717) is 12.2 Å². The molecule has 0 unspecified atom stereocenters. The Hall–Kier alpha value is -2.34. The van der Waals surface area contributed by atoms with Crippen LogP contribution in [0.25, 0.3) is 0 Å². The molecule has 2 aromatic rings. The Labute approximate surface area is 167 Å². The van der Waals surface area contributed by atoms with E-state index in [1.807, 2.05) is 6.92 Å². The van der Waals surface area contributed by atoms with Gasteiger partial charge in [-0.3, -0.25) is 0 Å². The van der Waals surface area contributed by atoms with E-state index in [4.69, 9.17) is 4.74 Å². The summed E-state index contributed by atoms with van der Waals surface area (Å²) in [5.74, 6) is 6.16. The molecule has 3 rings (SSSR count). The maximum Gasteiger partial charge on any atom is 0.142 e. The second-order valence-electron chi connectivity index (χ2n) is 7.57. The van der Waals surface area contributed by atoms with Crippen molar-refractivity contribution >= 4 is 0 Å². The van der Waals surface area contributed by atoms with Crippen LogP contribution in [0.1, 0.15) is 75.0 Å². The van der Waals surface area contributed by atoms with Gasteiger partial charge in [-0.05, 0) is 86.4 Å². The first-order valence-corrected chi connectivity index (χ1v) is 10.3. The first-order chi connectivity index (χ1) is 13.6. The fraction of sp³-hybridized carbons (Fsp3) is 0.440. The fourth-order valence-electron chi connectivity index (χ4n) is 4.08. The minimum absolute atomic E-state index is 0.155. The van der Waals surface area contributed by atoms with Gasteiger partial charge in [-0.15, -0.1) is 0 Å². The van der Waals surface area contributed by atoms with Gasteiger partial charge in [0.25, 0.3) is 0 Å². The largest absolute Gasteiger partial charge is 0.494 e. The standard InChI is InChI=1S/C25H28F2O/c1-3-5-18-6-11-20(12-7-18)21-16-24(26)23(25(27)17-21)15-10-19-8-13-22(14-9-19)28-4-2/h8-9,13-14,16-18,20H,3-7,11-12H2,1-2H3. The lowest BCUT2D eigenvalue weighted by Gasteiger charge is -2.28. The Morgan fingerprint density at radius 2 is 1.57 bits per heavy atom. The number of benzene rings is 2. The summed E-state index contributed by atoms with van der Waals surface area (Å²) in [7, 11) is 0. The Morgan fingerprint density at radius 3 is 2.14 bits per heavy atom. The highest BCUT2D eigenvalue weighted by Crippen LogP contribution is 2.38. The van der Waals surface area contributed by atoms with Crippen molar-refractivity contribution in [2.45, 2.75) is 58.3 Å². The van der Waals surface area contributed by atoms with Crippen molar-refractivity contribution in [3.8, 4) is 17.6 Å². The summed E-state index contributed by atoms with van der Waals surface area (Å²) in [5.41, 5.74) is 1.31. The van der Waals surface area contributed by atoms with Crippen LogP contribution in [0.5, 0.6) is 5.75 Å². The molecule has 0 heterocycles. The van der Waals surface area contributed by atoms with E-state index in [0.717, 1.165) is 42.9 Å². The molecule has 0 bridgehead atoms. The van der Waals surface area contributed by atoms with Gasteiger partial charge in [0, 0.05) is 5.56 Å². The molecule has 0 aromatic heterocycles. The van der Waals surface area contributed by atoms with E-state index in [1.54, 1.807) is 24.3 Å². The van der Waals surface area contributed by atoms with Gasteiger partial charge in [0.05, 0.1) is 12.2 Å². The maximum atomic E-state index is 14.6. The minimum atomic E-state index is -0.566. The number of rotatable bonds is 5. The molecule has 0 N–H and O–H groups in total. The zero-order chi connectivity index (χ0) is 19.9. The third-order valence-corrected chi connectivity index (χ3v) is 5.58. The van der Waals surface area contributed by atoms with Crippen LogP contribution in [0.3, 0.4) is 0 Å². The Kier molecular flexibility index (Phi) is 7.09. The Bertz CT molecular complexity index is 814. The molecular formula is C25H28F2O. The second-order valence-corrected chi connectivity index (χ2v) is 7.57. The topological polar surface area (TPSA) is 9.23 Å². The van der Waals surface area contributed by atoms with E-state index in [1.165, 1.54) is 25.0 Å². The van der Waals surface area contributed by atoms with Crippen molar-refractivity contribution in [1.82, 2.24) is 0 Å². The fourth-order valence-corrected chi connectivity index (χ4v) is 4.08. The van der Waals surface area contributed by atoms with Gasteiger partial charge in [-0.25, -0.2) is 8.78 Å². The van der Waals surface area contributed by atoms with Crippen molar-refractivity contribution in [3.05, 3.63) is 64.7 Å². The summed E-state index contributed by atoms with van der Waals surface area (Å²) in [4.78, 5) is 0. The average Bonchev–Trinajstić information content (AvgIpc) is 2.69. The zero-order valence-electron chi connectivity index (χ0n) is 16.7. The monoisotopic (exact) mass is 382 g/mol. The zero-order valence-corrected chi connectivity index (χ0v) is 16.7. The van der Waals surface area contributed by atoms with E-state index >= 15 is 0 Å². The predicted molar refractivity (Wildman–Crippen MR) is 110 cm³/mol. The van der Waals surface area contributed by atoms with Crippen molar-refractivity contribution in [2.24, 2.45) is 5.92 Å². The molecule has 1 aliphatic rings. The van der Waals surface area contributed by atoms with Gasteiger partial charge in [-0.1, -0.05) is 31.6 Å². The highest BCUT2D eigenvalue weighted by atomic mass is 19.1. The molecule has 1 nitrogen and oxygen atoms in total. The molecule has 1 saturated carbocycles. The van der Waals surface area contributed by atoms with Gasteiger partial charge in [0.1, 0.15) is 17.4 Å². The summed E-state index contributed by atoms with van der Waals surface area (Å²) in [6, 6.07) is 10.1. The molecule has 0 saturated heterocycles. The third-order valence-electron chi connectivity index (χ3n) is 5.58. The van der Waals surface area contributed by atoms with Crippen LogP contribution in [0.2, 0.25) is 0 Å². The first-order valence-electron chi connectivity index (χ1n) is 10.3. The van der Waals surface area contributed by atoms with Crippen LogP contribution in [0.15, 0.2) is 36.4 Å². The molecule has 148 valence electrons. The number of hydrogen-bond donors (Lipinski definition) is 0. The summed E-state index contributed by atoms with van der Waals surface area (Å²) < 4.78 is 34.5. The maximum absolute atomic E-state index is 14.6. The Morgan fingerprint density at radius 1 is 0.929 bits per heavy atom. The van der Waals surface area contributed by atoms with Gasteiger partial charge >= 0.3 is 0 Å². The third kappa shape index (κ3) is 5.13. The van der Waals surface area contributed by atoms with Crippen LogP contribution in [0, 0.1) is 29.4 Å². The van der Waals surface area contributed by atoms with Gasteiger partial charge in [0.15, 0.2) is 0 Å². The van der Waals surface area contributed by atoms with E-state index < -0.39 is 11.6 Å².